The normalized spacial score (nSPS) is 19.9. The minimum Gasteiger partial charge on any atom is -0.508 e. The van der Waals surface area contributed by atoms with Gasteiger partial charge in [0.1, 0.15) is 18.6 Å². The molecule has 0 spiro atoms. The molecule has 0 saturated heterocycles. The van der Waals surface area contributed by atoms with E-state index < -0.39 is 57.8 Å². The summed E-state index contributed by atoms with van der Waals surface area (Å²) in [4.78, 5) is 58.2. The lowest BCUT2D eigenvalue weighted by molar-refractivity contribution is -0.248. The lowest BCUT2D eigenvalue weighted by atomic mass is 9.86. The third kappa shape index (κ3) is 5.86. The van der Waals surface area contributed by atoms with Gasteiger partial charge < -0.3 is 29.6 Å². The Bertz CT molecular complexity index is 1640. The molecule has 238 valence electrons. The van der Waals surface area contributed by atoms with Gasteiger partial charge in [0.05, 0.1) is 11.1 Å². The molecule has 13 heteroatoms. The second kappa shape index (κ2) is 12.8. The van der Waals surface area contributed by atoms with Crippen molar-refractivity contribution in [3.05, 3.63) is 65.1 Å². The molecule has 3 atom stereocenters. The number of aromatic hydroxyl groups is 1. The number of nitrogens with zero attached hydrogens (tertiary/aromatic N) is 2. The highest BCUT2D eigenvalue weighted by atomic mass is 16.7. The molecule has 2 aromatic carbocycles. The third-order valence-corrected chi connectivity index (χ3v) is 7.89. The minimum atomic E-state index is -2.32. The van der Waals surface area contributed by atoms with Gasteiger partial charge in [0.25, 0.3) is 5.91 Å². The second-order valence-electron chi connectivity index (χ2n) is 10.9. The third-order valence-electron chi connectivity index (χ3n) is 7.89. The minimum absolute atomic E-state index is 0.0880. The summed E-state index contributed by atoms with van der Waals surface area (Å²) >= 11 is 0. The van der Waals surface area contributed by atoms with Crippen LogP contribution in [0.1, 0.15) is 58.1 Å². The zero-order valence-electron chi connectivity index (χ0n) is 25.4. The van der Waals surface area contributed by atoms with Crippen molar-refractivity contribution in [2.45, 2.75) is 52.7 Å². The van der Waals surface area contributed by atoms with Crippen molar-refractivity contribution in [1.82, 2.24) is 5.06 Å². The first-order valence-electron chi connectivity index (χ1n) is 14.3. The monoisotopic (exact) mass is 622 g/mol. The van der Waals surface area contributed by atoms with Crippen molar-refractivity contribution >= 4 is 40.3 Å². The molecule has 4 N–H and O–H groups in total. The number of hydrogen-bond donors (Lipinski definition) is 4. The molecule has 3 unspecified atom stereocenters. The molecule has 0 aromatic heterocycles. The first-order valence-corrected chi connectivity index (χ1v) is 14.3. The molecule has 1 aliphatic heterocycles. The number of rotatable bonds is 10. The van der Waals surface area contributed by atoms with E-state index in [0.717, 1.165) is 6.07 Å². The van der Waals surface area contributed by atoms with E-state index in [0.29, 0.717) is 12.8 Å². The number of ketones is 2. The van der Waals surface area contributed by atoms with E-state index in [4.69, 9.17) is 14.3 Å². The Morgan fingerprint density at radius 1 is 0.911 bits per heavy atom. The maximum atomic E-state index is 13.6. The fourth-order valence-corrected chi connectivity index (χ4v) is 4.94. The van der Waals surface area contributed by atoms with Crippen LogP contribution in [0.5, 0.6) is 17.2 Å². The number of carbonyl (C=O) groups excluding carboxylic acids is 4. The highest BCUT2D eigenvalue weighted by Gasteiger charge is 2.55. The average Bonchev–Trinajstić information content (AvgIpc) is 3.03. The van der Waals surface area contributed by atoms with Gasteiger partial charge in [0, 0.05) is 12.3 Å². The first kappa shape index (κ1) is 32.7. The van der Waals surface area contributed by atoms with Crippen molar-refractivity contribution in [3.8, 4) is 17.2 Å². The van der Waals surface area contributed by atoms with Crippen molar-refractivity contribution in [2.75, 3.05) is 7.11 Å². The van der Waals surface area contributed by atoms with Crippen LogP contribution >= 0.6 is 0 Å². The number of hydrogen-bond acceptors (Lipinski definition) is 12. The summed E-state index contributed by atoms with van der Waals surface area (Å²) in [5, 5.41) is 46.2. The van der Waals surface area contributed by atoms with E-state index in [1.807, 2.05) is 6.92 Å². The summed E-state index contributed by atoms with van der Waals surface area (Å²) in [6.07, 6.45) is 0.871. The predicted molar refractivity (Wildman–Crippen MR) is 159 cm³/mol. The number of hydroxylamine groups is 2. The number of aliphatic hydroxyl groups is 2. The number of amides is 1. The van der Waals surface area contributed by atoms with Gasteiger partial charge in [0.2, 0.25) is 11.6 Å². The fraction of sp³-hybridized carbons (Fsp3) is 0.344. The Hall–Kier alpha value is -5.17. The molecule has 13 nitrogen and oxygen atoms in total. The summed E-state index contributed by atoms with van der Waals surface area (Å²) in [7, 11) is 1.24. The summed E-state index contributed by atoms with van der Waals surface area (Å²) < 4.78 is 11.6. The molecular weight excluding hydrogens is 588 g/mol. The van der Waals surface area contributed by atoms with Crippen LogP contribution in [-0.2, 0) is 24.0 Å². The molecule has 2 aliphatic rings. The standard InChI is InChI=1S/C32H34N2O11/c1-6-16(3)15-32(34(42)30(40)25(33-43-5)17(4)7-2)31(41)44-22-14-19(10-13-21(22)45-32)24-28(38)26(36)23(27(37)29(24)39)18-8-11-20(35)12-9-18/h8-14,16-17,35-36,39,42H,6-7,15H2,1-5H3. The molecule has 4 rings (SSSR count). The number of Topliss-reactive ketones (excluding diaryl/α,β-unsaturated/α-hetero) is 2. The Kier molecular flexibility index (Phi) is 9.33. The van der Waals surface area contributed by atoms with Crippen LogP contribution in [-0.4, -0.2) is 67.6 Å². The SMILES string of the molecule is CCC(C)CC1(N(O)C(=O)C(=NOC)C(C)CC)Oc2ccc(C3=C(O)C(=O)C(c4ccc(O)cc4)=C(O)C3=O)cc2OC1=O. The van der Waals surface area contributed by atoms with Crippen LogP contribution in [0.4, 0.5) is 0 Å². The largest absolute Gasteiger partial charge is 0.508 e. The van der Waals surface area contributed by atoms with Crippen LogP contribution in [0.3, 0.4) is 0 Å². The van der Waals surface area contributed by atoms with Crippen LogP contribution < -0.4 is 9.47 Å². The number of esters is 1. The Labute approximate surface area is 258 Å². The number of benzene rings is 2. The number of allylic oxidation sites excluding steroid dienone is 2. The predicted octanol–water partition coefficient (Wildman–Crippen LogP) is 4.48. The Morgan fingerprint density at radius 3 is 2.04 bits per heavy atom. The molecule has 0 radical (unpaired) electrons. The summed E-state index contributed by atoms with van der Waals surface area (Å²) in [5.41, 5.74) is -3.47. The van der Waals surface area contributed by atoms with Gasteiger partial charge in [0.15, 0.2) is 23.0 Å². The van der Waals surface area contributed by atoms with Crippen LogP contribution in [0.15, 0.2) is 59.1 Å². The summed E-state index contributed by atoms with van der Waals surface area (Å²) in [5.74, 6) is -7.32. The van der Waals surface area contributed by atoms with E-state index in [1.165, 1.54) is 43.5 Å². The molecule has 1 heterocycles. The second-order valence-corrected chi connectivity index (χ2v) is 10.9. The van der Waals surface area contributed by atoms with E-state index in [-0.39, 0.29) is 51.5 Å². The zero-order chi connectivity index (χ0) is 33.2. The average molecular weight is 623 g/mol. The van der Waals surface area contributed by atoms with Crippen molar-refractivity contribution in [1.29, 1.82) is 0 Å². The quantitative estimate of drug-likeness (QED) is 0.0729. The molecule has 1 aliphatic carbocycles. The zero-order valence-corrected chi connectivity index (χ0v) is 25.4. The van der Waals surface area contributed by atoms with Gasteiger partial charge in [-0.1, -0.05) is 57.5 Å². The van der Waals surface area contributed by atoms with E-state index in [9.17, 15) is 39.7 Å². The number of ether oxygens (including phenoxy) is 2. The number of phenolic OH excluding ortho intramolecular Hbond substituents is 1. The van der Waals surface area contributed by atoms with Crippen molar-refractivity contribution in [3.63, 3.8) is 0 Å². The number of fused-ring (bicyclic) bond motifs is 1. The van der Waals surface area contributed by atoms with E-state index >= 15 is 0 Å². The Morgan fingerprint density at radius 2 is 1.49 bits per heavy atom. The number of oxime groups is 1. The molecule has 0 bridgehead atoms. The molecule has 0 saturated carbocycles. The van der Waals surface area contributed by atoms with E-state index in [1.54, 1.807) is 20.8 Å². The van der Waals surface area contributed by atoms with Gasteiger partial charge in [-0.15, -0.1) is 0 Å². The van der Waals surface area contributed by atoms with Gasteiger partial charge in [-0.3, -0.25) is 19.6 Å². The van der Waals surface area contributed by atoms with Crippen LogP contribution in [0, 0.1) is 11.8 Å². The lowest BCUT2D eigenvalue weighted by Crippen LogP contribution is -2.64. The topological polar surface area (TPSA) is 192 Å². The molecule has 0 fully saturated rings. The maximum absolute atomic E-state index is 13.6. The number of carbonyl (C=O) groups is 4. The fourth-order valence-electron chi connectivity index (χ4n) is 4.94. The highest BCUT2D eigenvalue weighted by Crippen LogP contribution is 2.43. The molecule has 1 amide bonds. The van der Waals surface area contributed by atoms with Crippen LogP contribution in [0.2, 0.25) is 0 Å². The van der Waals surface area contributed by atoms with Gasteiger partial charge in [-0.05, 0) is 47.7 Å². The van der Waals surface area contributed by atoms with Gasteiger partial charge >= 0.3 is 11.7 Å². The van der Waals surface area contributed by atoms with Crippen LogP contribution in [0.25, 0.3) is 11.1 Å². The number of aliphatic hydroxyl groups excluding tert-OH is 2. The van der Waals surface area contributed by atoms with Crippen molar-refractivity contribution < 1.29 is 54.0 Å². The van der Waals surface area contributed by atoms with Gasteiger partial charge in [-0.25, -0.2) is 4.79 Å². The van der Waals surface area contributed by atoms with E-state index in [2.05, 4.69) is 5.16 Å². The summed E-state index contributed by atoms with van der Waals surface area (Å²) in [6.45, 7) is 7.15. The van der Waals surface area contributed by atoms with Gasteiger partial charge in [-0.2, -0.15) is 5.06 Å². The molecule has 45 heavy (non-hydrogen) atoms. The maximum Gasteiger partial charge on any atom is 0.380 e. The number of phenols is 1. The van der Waals surface area contributed by atoms with Crippen molar-refractivity contribution in [2.24, 2.45) is 17.0 Å². The molecule has 2 aromatic rings. The summed E-state index contributed by atoms with van der Waals surface area (Å²) in [6, 6.07) is 8.80. The Balaban J connectivity index is 1.74. The highest BCUT2D eigenvalue weighted by molar-refractivity contribution is 6.46. The lowest BCUT2D eigenvalue weighted by Gasteiger charge is -2.41. The molecular formula is C32H34N2O11. The first-order chi connectivity index (χ1) is 21.3. The smallest absolute Gasteiger partial charge is 0.380 e.